The van der Waals surface area contributed by atoms with Crippen LogP contribution in [0.5, 0.6) is 0 Å². The van der Waals surface area contributed by atoms with Crippen molar-refractivity contribution >= 4 is 11.8 Å². The number of aromatic nitrogens is 1. The van der Waals surface area contributed by atoms with Crippen molar-refractivity contribution in [1.29, 1.82) is 0 Å². The van der Waals surface area contributed by atoms with E-state index in [2.05, 4.69) is 20.5 Å². The van der Waals surface area contributed by atoms with Crippen LogP contribution in [0.2, 0.25) is 0 Å². The molecule has 0 spiro atoms. The summed E-state index contributed by atoms with van der Waals surface area (Å²) in [6.07, 6.45) is 5.27. The first-order valence-corrected chi connectivity index (χ1v) is 8.42. The molecule has 6 nitrogen and oxygen atoms in total. The van der Waals surface area contributed by atoms with Gasteiger partial charge in [0.25, 0.3) is 0 Å². The number of hydrogen-bond donors (Lipinski definition) is 3. The molecule has 6 heteroatoms. The van der Waals surface area contributed by atoms with Crippen molar-refractivity contribution in [3.63, 3.8) is 0 Å². The van der Waals surface area contributed by atoms with Crippen molar-refractivity contribution in [2.24, 2.45) is 0 Å². The van der Waals surface area contributed by atoms with Gasteiger partial charge in [0.15, 0.2) is 0 Å². The van der Waals surface area contributed by atoms with Crippen LogP contribution in [0.3, 0.4) is 0 Å². The van der Waals surface area contributed by atoms with Crippen LogP contribution in [-0.2, 0) is 0 Å². The molecule has 0 aliphatic carbocycles. The van der Waals surface area contributed by atoms with E-state index in [1.807, 2.05) is 32.0 Å². The van der Waals surface area contributed by atoms with Crippen LogP contribution in [0.1, 0.15) is 39.5 Å². The van der Waals surface area contributed by atoms with Gasteiger partial charge in [-0.15, -0.1) is 0 Å². The Morgan fingerprint density at radius 1 is 1.43 bits per heavy atom. The average Bonchev–Trinajstić information content (AvgIpc) is 2.56. The highest BCUT2D eigenvalue weighted by Crippen LogP contribution is 2.17. The van der Waals surface area contributed by atoms with Crippen molar-refractivity contribution < 1.29 is 9.90 Å². The standard InChI is InChI=1S/C17H28N4O2/c1-3-9-17(2,13-22)20-16(23)19-14-7-11-21(12-8-14)15-6-4-5-10-18-15/h4-6,10,14,22H,3,7-9,11-13H2,1-2H3,(H2,19,20,23). The molecular weight excluding hydrogens is 292 g/mol. The summed E-state index contributed by atoms with van der Waals surface area (Å²) < 4.78 is 0. The molecule has 1 aliphatic heterocycles. The van der Waals surface area contributed by atoms with Crippen molar-refractivity contribution in [3.8, 4) is 0 Å². The number of anilines is 1. The first kappa shape index (κ1) is 17.5. The lowest BCUT2D eigenvalue weighted by Gasteiger charge is -2.34. The summed E-state index contributed by atoms with van der Waals surface area (Å²) in [7, 11) is 0. The third-order valence-corrected chi connectivity index (χ3v) is 4.37. The summed E-state index contributed by atoms with van der Waals surface area (Å²) in [5, 5.41) is 15.4. The zero-order valence-corrected chi connectivity index (χ0v) is 14.1. The van der Waals surface area contributed by atoms with Crippen LogP contribution in [0, 0.1) is 0 Å². The minimum absolute atomic E-state index is 0.0492. The largest absolute Gasteiger partial charge is 0.394 e. The number of nitrogens with one attached hydrogen (secondary N) is 2. The lowest BCUT2D eigenvalue weighted by Crippen LogP contribution is -2.55. The Bertz CT molecular complexity index is 489. The van der Waals surface area contributed by atoms with Gasteiger partial charge in [0.2, 0.25) is 0 Å². The number of carbonyl (C=O) groups is 1. The molecule has 128 valence electrons. The van der Waals surface area contributed by atoms with Crippen molar-refractivity contribution in [3.05, 3.63) is 24.4 Å². The quantitative estimate of drug-likeness (QED) is 0.748. The van der Waals surface area contributed by atoms with E-state index in [1.165, 1.54) is 0 Å². The molecule has 2 rings (SSSR count). The molecule has 1 unspecified atom stereocenters. The third-order valence-electron chi connectivity index (χ3n) is 4.37. The maximum atomic E-state index is 12.2. The fourth-order valence-corrected chi connectivity index (χ4v) is 3.02. The number of amides is 2. The van der Waals surface area contributed by atoms with Gasteiger partial charge in [0.1, 0.15) is 5.82 Å². The molecule has 1 saturated heterocycles. The second kappa shape index (κ2) is 8.15. The Hall–Kier alpha value is -1.82. The van der Waals surface area contributed by atoms with Gasteiger partial charge in [-0.2, -0.15) is 0 Å². The molecule has 23 heavy (non-hydrogen) atoms. The summed E-state index contributed by atoms with van der Waals surface area (Å²) in [5.41, 5.74) is -0.548. The second-order valence-corrected chi connectivity index (χ2v) is 6.52. The van der Waals surface area contributed by atoms with E-state index >= 15 is 0 Å². The number of aliphatic hydroxyl groups is 1. The van der Waals surface area contributed by atoms with Crippen LogP contribution in [-0.4, -0.2) is 47.4 Å². The molecule has 0 bridgehead atoms. The zero-order chi connectivity index (χ0) is 16.7. The number of aliphatic hydroxyl groups excluding tert-OH is 1. The summed E-state index contributed by atoms with van der Waals surface area (Å²) in [4.78, 5) is 18.8. The minimum Gasteiger partial charge on any atom is -0.394 e. The monoisotopic (exact) mass is 320 g/mol. The highest BCUT2D eigenvalue weighted by atomic mass is 16.3. The molecule has 2 heterocycles. The summed E-state index contributed by atoms with van der Waals surface area (Å²) in [6, 6.07) is 5.89. The van der Waals surface area contributed by atoms with Gasteiger partial charge < -0.3 is 20.6 Å². The minimum atomic E-state index is -0.548. The molecule has 3 N–H and O–H groups in total. The lowest BCUT2D eigenvalue weighted by atomic mass is 9.97. The van der Waals surface area contributed by atoms with Crippen molar-refractivity contribution in [1.82, 2.24) is 15.6 Å². The molecular formula is C17H28N4O2. The first-order valence-electron chi connectivity index (χ1n) is 8.42. The number of nitrogens with zero attached hydrogens (tertiary/aromatic N) is 2. The number of carbonyl (C=O) groups excluding carboxylic acids is 1. The van der Waals surface area contributed by atoms with Gasteiger partial charge >= 0.3 is 6.03 Å². The van der Waals surface area contributed by atoms with Gasteiger partial charge in [0.05, 0.1) is 12.1 Å². The number of piperidine rings is 1. The summed E-state index contributed by atoms with van der Waals surface area (Å²) in [6.45, 7) is 5.63. The summed E-state index contributed by atoms with van der Waals surface area (Å²) >= 11 is 0. The smallest absolute Gasteiger partial charge is 0.315 e. The molecule has 1 aromatic rings. The normalized spacial score (nSPS) is 18.3. The lowest BCUT2D eigenvalue weighted by molar-refractivity contribution is 0.161. The number of urea groups is 1. The van der Waals surface area contributed by atoms with Crippen LogP contribution >= 0.6 is 0 Å². The van der Waals surface area contributed by atoms with Gasteiger partial charge in [-0.25, -0.2) is 9.78 Å². The van der Waals surface area contributed by atoms with E-state index in [1.54, 1.807) is 6.20 Å². The second-order valence-electron chi connectivity index (χ2n) is 6.52. The topological polar surface area (TPSA) is 77.5 Å². The van der Waals surface area contributed by atoms with E-state index in [4.69, 9.17) is 0 Å². The van der Waals surface area contributed by atoms with E-state index in [0.717, 1.165) is 44.6 Å². The Morgan fingerprint density at radius 2 is 2.17 bits per heavy atom. The van der Waals surface area contributed by atoms with E-state index in [9.17, 15) is 9.90 Å². The van der Waals surface area contributed by atoms with Crippen LogP contribution in [0.15, 0.2) is 24.4 Å². The highest BCUT2D eigenvalue weighted by molar-refractivity contribution is 5.75. The molecule has 1 atom stereocenters. The Morgan fingerprint density at radius 3 is 2.74 bits per heavy atom. The fourth-order valence-electron chi connectivity index (χ4n) is 3.02. The third kappa shape index (κ3) is 5.10. The Balaban J connectivity index is 1.79. The van der Waals surface area contributed by atoms with Crippen molar-refractivity contribution in [2.45, 2.75) is 51.1 Å². The maximum Gasteiger partial charge on any atom is 0.315 e. The number of pyridine rings is 1. The molecule has 1 fully saturated rings. The van der Waals surface area contributed by atoms with E-state index < -0.39 is 5.54 Å². The van der Waals surface area contributed by atoms with Crippen LogP contribution < -0.4 is 15.5 Å². The fraction of sp³-hybridized carbons (Fsp3) is 0.647. The van der Waals surface area contributed by atoms with Gasteiger partial charge in [-0.1, -0.05) is 19.4 Å². The predicted octanol–water partition coefficient (Wildman–Crippen LogP) is 1.90. The Kier molecular flexibility index (Phi) is 6.21. The molecule has 1 aliphatic rings. The number of rotatable bonds is 6. The SMILES string of the molecule is CCCC(C)(CO)NC(=O)NC1CCN(c2ccccn2)CC1. The molecule has 0 saturated carbocycles. The van der Waals surface area contributed by atoms with Gasteiger partial charge in [0, 0.05) is 25.3 Å². The van der Waals surface area contributed by atoms with Crippen molar-refractivity contribution in [2.75, 3.05) is 24.6 Å². The predicted molar refractivity (Wildman–Crippen MR) is 91.5 cm³/mol. The van der Waals surface area contributed by atoms with Crippen LogP contribution in [0.25, 0.3) is 0 Å². The van der Waals surface area contributed by atoms with Gasteiger partial charge in [-0.05, 0) is 38.3 Å². The van der Waals surface area contributed by atoms with E-state index in [-0.39, 0.29) is 18.7 Å². The first-order chi connectivity index (χ1) is 11.1. The molecule has 0 aromatic carbocycles. The molecule has 2 amide bonds. The Labute approximate surface area is 138 Å². The van der Waals surface area contributed by atoms with E-state index in [0.29, 0.717) is 0 Å². The molecule has 0 radical (unpaired) electrons. The van der Waals surface area contributed by atoms with Gasteiger partial charge in [-0.3, -0.25) is 0 Å². The molecule has 1 aromatic heterocycles. The summed E-state index contributed by atoms with van der Waals surface area (Å²) in [5.74, 6) is 0.992. The maximum absolute atomic E-state index is 12.2. The number of hydrogen-bond acceptors (Lipinski definition) is 4. The zero-order valence-electron chi connectivity index (χ0n) is 14.1. The highest BCUT2D eigenvalue weighted by Gasteiger charge is 2.27. The van der Waals surface area contributed by atoms with Crippen LogP contribution in [0.4, 0.5) is 10.6 Å². The average molecular weight is 320 g/mol.